The van der Waals surface area contributed by atoms with Gasteiger partial charge >= 0.3 is 6.03 Å². The number of carbonyl (C=O) groups is 1. The Bertz CT molecular complexity index is 1210. The summed E-state index contributed by atoms with van der Waals surface area (Å²) in [4.78, 5) is 30.7. The fourth-order valence-corrected chi connectivity index (χ4v) is 4.18. The molecule has 2 N–H and O–H groups in total. The lowest BCUT2D eigenvalue weighted by Crippen LogP contribution is -2.54. The molecule has 1 fully saturated rings. The van der Waals surface area contributed by atoms with Gasteiger partial charge in [0.15, 0.2) is 0 Å². The molecule has 35 heavy (non-hydrogen) atoms. The highest BCUT2D eigenvalue weighted by molar-refractivity contribution is 6.30. The number of piperazine rings is 1. The third-order valence-electron chi connectivity index (χ3n) is 5.80. The molecule has 1 aliphatic heterocycles. The summed E-state index contributed by atoms with van der Waals surface area (Å²) in [6.45, 7) is 10.7. The maximum absolute atomic E-state index is 12.8. The predicted octanol–water partition coefficient (Wildman–Crippen LogP) is 5.00. The van der Waals surface area contributed by atoms with Gasteiger partial charge in [-0.15, -0.1) is 0 Å². The van der Waals surface area contributed by atoms with Gasteiger partial charge in [0.1, 0.15) is 0 Å². The molecule has 0 saturated carbocycles. The number of aromatic nitrogens is 2. The Morgan fingerprint density at radius 1 is 0.914 bits per heavy atom. The number of hydrogen-bond acceptors (Lipinski definition) is 5. The summed E-state index contributed by atoms with van der Waals surface area (Å²) < 4.78 is 0. The van der Waals surface area contributed by atoms with E-state index < -0.39 is 0 Å². The Balaban J connectivity index is 1.53. The van der Waals surface area contributed by atoms with Crippen molar-refractivity contribution < 1.29 is 4.79 Å². The van der Waals surface area contributed by atoms with Gasteiger partial charge in [-0.2, -0.15) is 4.99 Å². The first-order valence-electron chi connectivity index (χ1n) is 11.6. The molecule has 0 spiro atoms. The third kappa shape index (κ3) is 6.48. The number of nitrogens with one attached hydrogen (secondary N) is 2. The van der Waals surface area contributed by atoms with E-state index in [1.807, 2.05) is 74.2 Å². The van der Waals surface area contributed by atoms with E-state index in [4.69, 9.17) is 11.6 Å². The summed E-state index contributed by atoms with van der Waals surface area (Å²) in [5.41, 5.74) is 5.77. The van der Waals surface area contributed by atoms with Crippen LogP contribution in [-0.4, -0.2) is 53.0 Å². The second-order valence-corrected chi connectivity index (χ2v) is 9.17. The summed E-state index contributed by atoms with van der Waals surface area (Å²) >= 11 is 6.24. The predicted molar refractivity (Wildman–Crippen MR) is 142 cm³/mol. The third-order valence-corrected chi connectivity index (χ3v) is 6.04. The van der Waals surface area contributed by atoms with E-state index in [1.54, 1.807) is 0 Å². The lowest BCUT2D eigenvalue weighted by molar-refractivity contribution is 0.254. The number of hydrogen-bond donors (Lipinski definition) is 2. The maximum Gasteiger partial charge on any atom is 0.326 e. The number of rotatable bonds is 3. The lowest BCUT2D eigenvalue weighted by Gasteiger charge is -2.38. The van der Waals surface area contributed by atoms with Crippen LogP contribution in [0.15, 0.2) is 53.5 Å². The number of aryl methyl sites for hydroxylation is 4. The van der Waals surface area contributed by atoms with Crippen LogP contribution in [0.25, 0.3) is 0 Å². The zero-order valence-electron chi connectivity index (χ0n) is 20.5. The quantitative estimate of drug-likeness (QED) is 0.398. The molecule has 2 heterocycles. The number of nitrogens with zero attached hydrogens (tertiary/aromatic N) is 5. The van der Waals surface area contributed by atoms with Gasteiger partial charge in [-0.3, -0.25) is 5.32 Å². The van der Waals surface area contributed by atoms with E-state index in [0.29, 0.717) is 30.7 Å². The molecule has 0 unspecified atom stereocenters. The molecule has 2 aromatic carbocycles. The van der Waals surface area contributed by atoms with E-state index >= 15 is 0 Å². The number of urea groups is 1. The summed E-state index contributed by atoms with van der Waals surface area (Å²) in [7, 11) is 0. The molecule has 9 heteroatoms. The van der Waals surface area contributed by atoms with E-state index in [-0.39, 0.29) is 6.03 Å². The number of anilines is 2. The minimum Gasteiger partial charge on any atom is -0.368 e. The van der Waals surface area contributed by atoms with Crippen molar-refractivity contribution in [3.05, 3.63) is 76.1 Å². The molecule has 2 amide bonds. The van der Waals surface area contributed by atoms with Gasteiger partial charge in [0, 0.05) is 54.0 Å². The van der Waals surface area contributed by atoms with Crippen LogP contribution in [0.4, 0.5) is 22.1 Å². The van der Waals surface area contributed by atoms with Crippen LogP contribution in [-0.2, 0) is 0 Å². The molecule has 1 saturated heterocycles. The van der Waals surface area contributed by atoms with Crippen molar-refractivity contribution in [2.24, 2.45) is 4.99 Å². The maximum atomic E-state index is 12.8. The standard InChI is InChI=1S/C26H30ClN7O/c1-17-5-9-22(10-6-17)30-26(35)32-25(31-24-28-19(3)15-20(4)29-24)34-13-11-33(12-14-34)23-16-21(27)8-7-18(23)2/h5-10,15-16H,11-14H2,1-4H3,(H2,28,29,30,31,32,35). The first-order chi connectivity index (χ1) is 16.8. The first kappa shape index (κ1) is 24.5. The molecule has 0 radical (unpaired) electrons. The molecule has 0 aliphatic carbocycles. The van der Waals surface area contributed by atoms with E-state index in [2.05, 4.69) is 37.4 Å². The molecule has 4 rings (SSSR count). The van der Waals surface area contributed by atoms with Gasteiger partial charge in [0.05, 0.1) is 0 Å². The molecule has 1 aliphatic rings. The Hall–Kier alpha value is -3.65. The largest absolute Gasteiger partial charge is 0.368 e. The molecule has 182 valence electrons. The molecule has 1 aromatic heterocycles. The van der Waals surface area contributed by atoms with E-state index in [0.717, 1.165) is 40.8 Å². The number of benzene rings is 2. The van der Waals surface area contributed by atoms with Crippen molar-refractivity contribution in [1.82, 2.24) is 20.2 Å². The number of guanidine groups is 1. The minimum atomic E-state index is -0.370. The second kappa shape index (κ2) is 10.7. The Morgan fingerprint density at radius 3 is 2.23 bits per heavy atom. The normalized spacial score (nSPS) is 14.1. The molecule has 0 bridgehead atoms. The Morgan fingerprint density at radius 2 is 1.57 bits per heavy atom. The van der Waals surface area contributed by atoms with Crippen LogP contribution in [0.5, 0.6) is 0 Å². The van der Waals surface area contributed by atoms with Gasteiger partial charge in [0.25, 0.3) is 5.95 Å². The van der Waals surface area contributed by atoms with Crippen LogP contribution in [0.2, 0.25) is 5.02 Å². The summed E-state index contributed by atoms with van der Waals surface area (Å²) in [6, 6.07) is 15.1. The number of halogens is 1. The van der Waals surface area contributed by atoms with Gasteiger partial charge in [0.2, 0.25) is 5.96 Å². The fraction of sp³-hybridized carbons (Fsp3) is 0.308. The van der Waals surface area contributed by atoms with Gasteiger partial charge < -0.3 is 15.1 Å². The van der Waals surface area contributed by atoms with Crippen molar-refractivity contribution in [3.8, 4) is 0 Å². The molecular formula is C26H30ClN7O. The Labute approximate surface area is 211 Å². The van der Waals surface area contributed by atoms with E-state index in [1.165, 1.54) is 5.56 Å². The number of aliphatic imine (C=N–C) groups is 1. The van der Waals surface area contributed by atoms with Crippen molar-refractivity contribution in [1.29, 1.82) is 0 Å². The SMILES string of the molecule is Cc1ccc(NC(=O)N/C(=N\c2nc(C)cc(C)n2)N2CCN(c3cc(Cl)ccc3C)CC2)cc1. The summed E-state index contributed by atoms with van der Waals surface area (Å²) in [5, 5.41) is 6.51. The van der Waals surface area contributed by atoms with Crippen molar-refractivity contribution >= 4 is 40.9 Å². The van der Waals surface area contributed by atoms with Crippen molar-refractivity contribution in [2.45, 2.75) is 27.7 Å². The first-order valence-corrected chi connectivity index (χ1v) is 12.0. The van der Waals surface area contributed by atoms with Crippen LogP contribution in [0, 0.1) is 27.7 Å². The van der Waals surface area contributed by atoms with Crippen LogP contribution < -0.4 is 15.5 Å². The summed E-state index contributed by atoms with van der Waals surface area (Å²) in [5.74, 6) is 0.739. The van der Waals surface area contributed by atoms with Gasteiger partial charge in [-0.1, -0.05) is 35.4 Å². The average Bonchev–Trinajstić information content (AvgIpc) is 2.81. The van der Waals surface area contributed by atoms with Crippen LogP contribution in [0.1, 0.15) is 22.5 Å². The highest BCUT2D eigenvalue weighted by Gasteiger charge is 2.23. The van der Waals surface area contributed by atoms with Gasteiger partial charge in [-0.05, 0) is 63.6 Å². The zero-order valence-corrected chi connectivity index (χ0v) is 21.2. The van der Waals surface area contributed by atoms with E-state index in [9.17, 15) is 4.79 Å². The van der Waals surface area contributed by atoms with Crippen LogP contribution in [0.3, 0.4) is 0 Å². The monoisotopic (exact) mass is 491 g/mol. The van der Waals surface area contributed by atoms with Crippen molar-refractivity contribution in [3.63, 3.8) is 0 Å². The lowest BCUT2D eigenvalue weighted by atomic mass is 10.1. The topological polar surface area (TPSA) is 85.7 Å². The second-order valence-electron chi connectivity index (χ2n) is 8.74. The minimum absolute atomic E-state index is 0.321. The average molecular weight is 492 g/mol. The zero-order chi connectivity index (χ0) is 24.9. The smallest absolute Gasteiger partial charge is 0.326 e. The molecule has 8 nitrogen and oxygen atoms in total. The Kier molecular flexibility index (Phi) is 7.51. The highest BCUT2D eigenvalue weighted by atomic mass is 35.5. The highest BCUT2D eigenvalue weighted by Crippen LogP contribution is 2.25. The summed E-state index contributed by atoms with van der Waals surface area (Å²) in [6.07, 6.45) is 0. The number of amides is 2. The fourth-order valence-electron chi connectivity index (χ4n) is 4.01. The molecule has 3 aromatic rings. The number of carbonyl (C=O) groups excluding carboxylic acids is 1. The molecule has 0 atom stereocenters. The van der Waals surface area contributed by atoms with Gasteiger partial charge in [-0.25, -0.2) is 14.8 Å². The van der Waals surface area contributed by atoms with Crippen LogP contribution >= 0.6 is 11.6 Å². The molecular weight excluding hydrogens is 462 g/mol. The van der Waals surface area contributed by atoms with Crippen molar-refractivity contribution in [2.75, 3.05) is 36.4 Å².